The highest BCUT2D eigenvalue weighted by atomic mass is 16.2. The molecule has 6 amide bonds. The van der Waals surface area contributed by atoms with Crippen molar-refractivity contribution in [2.45, 2.75) is 98.8 Å². The van der Waals surface area contributed by atoms with E-state index in [9.17, 15) is 28.8 Å². The van der Waals surface area contributed by atoms with E-state index in [1.807, 2.05) is 61.5 Å². The molecule has 5 N–H and O–H groups in total. The zero-order valence-corrected chi connectivity index (χ0v) is 29.9. The van der Waals surface area contributed by atoms with E-state index in [0.717, 1.165) is 0 Å². The molecular formula is C36H56N6O6. The van der Waals surface area contributed by atoms with E-state index >= 15 is 0 Å². The molecule has 1 aromatic carbocycles. The van der Waals surface area contributed by atoms with Gasteiger partial charge in [-0.2, -0.15) is 0 Å². The molecule has 1 aliphatic rings. The Balaban J connectivity index is 2.25. The Bertz CT molecular complexity index is 1290. The van der Waals surface area contributed by atoms with E-state index in [1.54, 1.807) is 24.3 Å². The molecule has 1 aromatic rings. The Kier molecular flexibility index (Phi) is 15.3. The minimum Gasteiger partial charge on any atom is -0.350 e. The van der Waals surface area contributed by atoms with Crippen molar-refractivity contribution in [1.82, 2.24) is 31.5 Å². The van der Waals surface area contributed by atoms with Crippen molar-refractivity contribution in [3.63, 3.8) is 0 Å². The number of hydrogen-bond donors (Lipinski definition) is 5. The monoisotopic (exact) mass is 668 g/mol. The van der Waals surface area contributed by atoms with Crippen LogP contribution in [0.3, 0.4) is 0 Å². The second kappa shape index (κ2) is 18.4. The van der Waals surface area contributed by atoms with Gasteiger partial charge in [0.15, 0.2) is 0 Å². The number of ketones is 1. The van der Waals surface area contributed by atoms with E-state index in [1.165, 1.54) is 11.0 Å². The van der Waals surface area contributed by atoms with E-state index < -0.39 is 59.1 Å². The quantitative estimate of drug-likeness (QED) is 0.134. The molecule has 1 aliphatic heterocycles. The van der Waals surface area contributed by atoms with E-state index in [2.05, 4.69) is 33.2 Å². The van der Waals surface area contributed by atoms with Gasteiger partial charge >= 0.3 is 6.03 Å². The first kappa shape index (κ1) is 40.0. The zero-order valence-electron chi connectivity index (χ0n) is 29.9. The van der Waals surface area contributed by atoms with Crippen LogP contribution < -0.4 is 26.6 Å². The standard InChI is InChI=1S/C36H56N6O6/c1-10-15-26(29(43)33(46)37-19-11-2)39-32(45)28-25(22(3)4)18-20-42(28)34(47)30(36(7,8)9)41-35(48)40-27(23(5)6)21-38-31(44)24-16-13-12-14-17-24/h11-14,16-17,22-23,25-28,30H,2,10,15,18-21H2,1,3-9H3,(H,37,46)(H,38,44)(H,39,45)(H2,40,41,48)/t25-,26?,27-,28+,30-/m1/s1. The number of carbonyl (C=O) groups is 6. The Morgan fingerprint density at radius 1 is 0.958 bits per heavy atom. The normalized spacial score (nSPS) is 18.0. The molecule has 266 valence electrons. The summed E-state index contributed by atoms with van der Waals surface area (Å²) in [5.41, 5.74) is -0.224. The number of likely N-dealkylation sites (tertiary alicyclic amines) is 1. The second-order valence-corrected chi connectivity index (χ2v) is 14.2. The van der Waals surface area contributed by atoms with E-state index in [4.69, 9.17) is 0 Å². The number of urea groups is 1. The fraction of sp³-hybridized carbons (Fsp3) is 0.611. The molecule has 1 fully saturated rings. The van der Waals surface area contributed by atoms with Crippen molar-refractivity contribution in [3.05, 3.63) is 48.6 Å². The summed E-state index contributed by atoms with van der Waals surface area (Å²) in [7, 11) is 0. The third-order valence-corrected chi connectivity index (χ3v) is 8.72. The van der Waals surface area contributed by atoms with Crippen LogP contribution >= 0.6 is 0 Å². The molecule has 5 atom stereocenters. The fourth-order valence-corrected chi connectivity index (χ4v) is 5.83. The van der Waals surface area contributed by atoms with Gasteiger partial charge in [-0.25, -0.2) is 4.79 Å². The van der Waals surface area contributed by atoms with Crippen molar-refractivity contribution in [3.8, 4) is 0 Å². The molecule has 0 saturated carbocycles. The van der Waals surface area contributed by atoms with Crippen LogP contribution in [0.1, 0.15) is 85.0 Å². The Hall–Kier alpha value is -4.22. The van der Waals surface area contributed by atoms with Crippen LogP contribution in [-0.2, 0) is 19.2 Å². The predicted molar refractivity (Wildman–Crippen MR) is 186 cm³/mol. The summed E-state index contributed by atoms with van der Waals surface area (Å²) >= 11 is 0. The van der Waals surface area contributed by atoms with Crippen LogP contribution in [0.25, 0.3) is 0 Å². The maximum absolute atomic E-state index is 14.3. The van der Waals surface area contributed by atoms with Crippen LogP contribution in [0.15, 0.2) is 43.0 Å². The molecule has 1 heterocycles. The van der Waals surface area contributed by atoms with Gasteiger partial charge in [-0.3, -0.25) is 24.0 Å². The third-order valence-electron chi connectivity index (χ3n) is 8.72. The molecule has 48 heavy (non-hydrogen) atoms. The molecule has 0 spiro atoms. The van der Waals surface area contributed by atoms with Crippen LogP contribution in [-0.4, -0.2) is 84.1 Å². The largest absolute Gasteiger partial charge is 0.350 e. The summed E-state index contributed by atoms with van der Waals surface area (Å²) in [4.78, 5) is 81.1. The van der Waals surface area contributed by atoms with Crippen LogP contribution in [0, 0.1) is 23.2 Å². The maximum atomic E-state index is 14.3. The van der Waals surface area contributed by atoms with Crippen LogP contribution in [0.2, 0.25) is 0 Å². The molecule has 0 bridgehead atoms. The first-order valence-electron chi connectivity index (χ1n) is 17.0. The summed E-state index contributed by atoms with van der Waals surface area (Å²) < 4.78 is 0. The maximum Gasteiger partial charge on any atom is 0.315 e. The van der Waals surface area contributed by atoms with Crippen molar-refractivity contribution >= 4 is 35.4 Å². The molecule has 2 rings (SSSR count). The number of rotatable bonds is 16. The van der Waals surface area contributed by atoms with Gasteiger partial charge in [0.25, 0.3) is 11.8 Å². The SMILES string of the molecule is C=CCNC(=O)C(=O)C(CCC)NC(=O)[C@@H]1[C@@H](C(C)C)CCN1C(=O)[C@@H](NC(=O)N[C@H](CNC(=O)c1ccccc1)C(C)C)C(C)(C)C. The van der Waals surface area contributed by atoms with Gasteiger partial charge in [0.05, 0.1) is 12.1 Å². The van der Waals surface area contributed by atoms with Crippen molar-refractivity contribution in [2.24, 2.45) is 23.2 Å². The highest BCUT2D eigenvalue weighted by molar-refractivity contribution is 6.38. The lowest BCUT2D eigenvalue weighted by molar-refractivity contribution is -0.144. The lowest BCUT2D eigenvalue weighted by atomic mass is 9.84. The van der Waals surface area contributed by atoms with Gasteiger partial charge < -0.3 is 31.5 Å². The van der Waals surface area contributed by atoms with E-state index in [-0.39, 0.29) is 43.2 Å². The highest BCUT2D eigenvalue weighted by Crippen LogP contribution is 2.33. The number of amides is 6. The summed E-state index contributed by atoms with van der Waals surface area (Å²) in [5, 5.41) is 13.9. The Morgan fingerprint density at radius 3 is 2.15 bits per heavy atom. The number of nitrogens with one attached hydrogen (secondary N) is 5. The average Bonchev–Trinajstić information content (AvgIpc) is 3.49. The smallest absolute Gasteiger partial charge is 0.315 e. The fourth-order valence-electron chi connectivity index (χ4n) is 5.83. The second-order valence-electron chi connectivity index (χ2n) is 14.2. The molecule has 0 radical (unpaired) electrons. The first-order chi connectivity index (χ1) is 22.5. The molecular weight excluding hydrogens is 612 g/mol. The predicted octanol–water partition coefficient (Wildman–Crippen LogP) is 3.18. The molecule has 12 heteroatoms. The summed E-state index contributed by atoms with van der Waals surface area (Å²) in [6.07, 6.45) is 2.83. The number of hydrogen-bond acceptors (Lipinski definition) is 6. The summed E-state index contributed by atoms with van der Waals surface area (Å²) in [5.74, 6) is -2.94. The van der Waals surface area contributed by atoms with Crippen LogP contribution in [0.5, 0.6) is 0 Å². The molecule has 12 nitrogen and oxygen atoms in total. The molecule has 1 unspecified atom stereocenters. The molecule has 0 aliphatic carbocycles. The number of nitrogens with zero attached hydrogens (tertiary/aromatic N) is 1. The number of Topliss-reactive ketones (excluding diaryl/α,β-unsaturated/α-hetero) is 1. The lowest BCUT2D eigenvalue weighted by Crippen LogP contribution is -2.62. The summed E-state index contributed by atoms with van der Waals surface area (Å²) in [6, 6.07) is 4.84. The van der Waals surface area contributed by atoms with Crippen LogP contribution in [0.4, 0.5) is 4.79 Å². The Labute approximate surface area is 285 Å². The highest BCUT2D eigenvalue weighted by Gasteiger charge is 2.47. The topological polar surface area (TPSA) is 166 Å². The molecule has 0 aromatic heterocycles. The number of benzene rings is 1. The average molecular weight is 669 g/mol. The third kappa shape index (κ3) is 11.2. The van der Waals surface area contributed by atoms with Gasteiger partial charge in [0.2, 0.25) is 17.6 Å². The van der Waals surface area contributed by atoms with Gasteiger partial charge in [-0.15, -0.1) is 6.58 Å². The van der Waals surface area contributed by atoms with E-state index in [0.29, 0.717) is 24.9 Å². The first-order valence-corrected chi connectivity index (χ1v) is 17.0. The number of carbonyl (C=O) groups excluding carboxylic acids is 6. The van der Waals surface area contributed by atoms with Crippen molar-refractivity contribution < 1.29 is 28.8 Å². The zero-order chi connectivity index (χ0) is 36.2. The van der Waals surface area contributed by atoms with Gasteiger partial charge in [-0.05, 0) is 48.1 Å². The van der Waals surface area contributed by atoms with Gasteiger partial charge in [0.1, 0.15) is 12.1 Å². The van der Waals surface area contributed by atoms with Crippen molar-refractivity contribution in [2.75, 3.05) is 19.6 Å². The molecule has 1 saturated heterocycles. The summed E-state index contributed by atoms with van der Waals surface area (Å²) in [6.45, 7) is 19.3. The Morgan fingerprint density at radius 2 is 1.60 bits per heavy atom. The van der Waals surface area contributed by atoms with Gasteiger partial charge in [0, 0.05) is 25.2 Å². The minimum absolute atomic E-state index is 0.0355. The van der Waals surface area contributed by atoms with Gasteiger partial charge in [-0.1, -0.05) is 86.1 Å². The minimum atomic E-state index is -1.05. The van der Waals surface area contributed by atoms with Crippen molar-refractivity contribution in [1.29, 1.82) is 0 Å². The lowest BCUT2D eigenvalue weighted by Gasteiger charge is -2.37.